The highest BCUT2D eigenvalue weighted by Crippen LogP contribution is 2.31. The molecular formula is C15H28ClN3S. The van der Waals surface area contributed by atoms with Crippen LogP contribution in [0.2, 0.25) is 0 Å². The molecule has 1 saturated heterocycles. The largest absolute Gasteiger partial charge is 0.327 e. The third-order valence-corrected chi connectivity index (χ3v) is 5.37. The van der Waals surface area contributed by atoms with Gasteiger partial charge in [-0.15, -0.1) is 23.7 Å². The van der Waals surface area contributed by atoms with Crippen molar-refractivity contribution in [3.63, 3.8) is 0 Å². The lowest BCUT2D eigenvalue weighted by Crippen LogP contribution is -2.51. The SMILES string of the molecule is CC(C)(C)c1ncc(CN2CCC(N)C(C)(C)C2)s1.Cl. The lowest BCUT2D eigenvalue weighted by Gasteiger charge is -2.42. The molecule has 0 radical (unpaired) electrons. The van der Waals surface area contributed by atoms with Gasteiger partial charge >= 0.3 is 0 Å². The van der Waals surface area contributed by atoms with Crippen molar-refractivity contribution in [1.82, 2.24) is 9.88 Å². The number of hydrogen-bond acceptors (Lipinski definition) is 4. The molecule has 1 aliphatic rings. The molecule has 1 fully saturated rings. The molecule has 116 valence electrons. The van der Waals surface area contributed by atoms with Gasteiger partial charge < -0.3 is 5.73 Å². The van der Waals surface area contributed by atoms with E-state index in [0.29, 0.717) is 6.04 Å². The van der Waals surface area contributed by atoms with Crippen molar-refractivity contribution < 1.29 is 0 Å². The Morgan fingerprint density at radius 1 is 1.45 bits per heavy atom. The first-order valence-corrected chi connectivity index (χ1v) is 7.93. The van der Waals surface area contributed by atoms with E-state index in [2.05, 4.69) is 44.5 Å². The highest BCUT2D eigenvalue weighted by Gasteiger charge is 2.33. The van der Waals surface area contributed by atoms with Crippen molar-refractivity contribution in [1.29, 1.82) is 0 Å². The molecule has 5 heteroatoms. The van der Waals surface area contributed by atoms with E-state index in [1.54, 1.807) is 0 Å². The highest BCUT2D eigenvalue weighted by molar-refractivity contribution is 7.11. The lowest BCUT2D eigenvalue weighted by molar-refractivity contribution is 0.0906. The van der Waals surface area contributed by atoms with E-state index in [0.717, 1.165) is 26.1 Å². The van der Waals surface area contributed by atoms with Crippen LogP contribution in [0.15, 0.2) is 6.20 Å². The molecule has 3 nitrogen and oxygen atoms in total. The summed E-state index contributed by atoms with van der Waals surface area (Å²) in [6.45, 7) is 14.4. The number of nitrogens with zero attached hydrogens (tertiary/aromatic N) is 2. The molecule has 0 bridgehead atoms. The Bertz CT molecular complexity index is 437. The van der Waals surface area contributed by atoms with E-state index in [-0.39, 0.29) is 23.2 Å². The molecule has 20 heavy (non-hydrogen) atoms. The van der Waals surface area contributed by atoms with Gasteiger partial charge in [0.1, 0.15) is 0 Å². The first kappa shape index (κ1) is 17.9. The number of likely N-dealkylation sites (tertiary alicyclic amines) is 1. The molecule has 1 atom stereocenters. The second kappa shape index (κ2) is 6.30. The van der Waals surface area contributed by atoms with Gasteiger partial charge in [-0.1, -0.05) is 34.6 Å². The number of halogens is 1. The van der Waals surface area contributed by atoms with Crippen LogP contribution in [0.25, 0.3) is 0 Å². The van der Waals surface area contributed by atoms with Crippen LogP contribution in [0.1, 0.15) is 50.9 Å². The topological polar surface area (TPSA) is 42.2 Å². The summed E-state index contributed by atoms with van der Waals surface area (Å²) in [6, 6.07) is 0.329. The average Bonchev–Trinajstić information content (AvgIpc) is 2.71. The second-order valence-corrected chi connectivity index (χ2v) is 8.59. The minimum absolute atomic E-state index is 0. The molecule has 2 rings (SSSR count). The van der Waals surface area contributed by atoms with Crippen molar-refractivity contribution in [2.24, 2.45) is 11.1 Å². The zero-order valence-electron chi connectivity index (χ0n) is 13.3. The minimum atomic E-state index is 0. The fourth-order valence-corrected chi connectivity index (χ4v) is 3.58. The Kier molecular flexibility index (Phi) is 5.64. The molecule has 1 unspecified atom stereocenters. The Morgan fingerprint density at radius 2 is 2.10 bits per heavy atom. The van der Waals surface area contributed by atoms with Gasteiger partial charge in [0.15, 0.2) is 0 Å². The normalized spacial score (nSPS) is 23.4. The molecule has 1 aromatic heterocycles. The second-order valence-electron chi connectivity index (χ2n) is 7.48. The molecule has 2 N–H and O–H groups in total. The first-order valence-electron chi connectivity index (χ1n) is 7.11. The summed E-state index contributed by atoms with van der Waals surface area (Å²) in [5.74, 6) is 0. The molecule has 1 aromatic rings. The molecule has 0 aromatic carbocycles. The van der Waals surface area contributed by atoms with Crippen LogP contribution in [0, 0.1) is 5.41 Å². The van der Waals surface area contributed by atoms with Crippen molar-refractivity contribution >= 4 is 23.7 Å². The molecule has 1 aliphatic heterocycles. The van der Waals surface area contributed by atoms with Gasteiger partial charge in [-0.3, -0.25) is 4.90 Å². The summed E-state index contributed by atoms with van der Waals surface area (Å²) < 4.78 is 0. The van der Waals surface area contributed by atoms with Crippen LogP contribution in [0.5, 0.6) is 0 Å². The number of rotatable bonds is 2. The number of thiazole rings is 1. The van der Waals surface area contributed by atoms with Gasteiger partial charge in [0.25, 0.3) is 0 Å². The predicted octanol–water partition coefficient (Wildman–Crippen LogP) is 3.42. The molecular weight excluding hydrogens is 290 g/mol. The van der Waals surface area contributed by atoms with Crippen molar-refractivity contribution in [3.05, 3.63) is 16.1 Å². The van der Waals surface area contributed by atoms with Crippen LogP contribution in [-0.4, -0.2) is 29.0 Å². The zero-order valence-corrected chi connectivity index (χ0v) is 14.9. The molecule has 0 amide bonds. The summed E-state index contributed by atoms with van der Waals surface area (Å²) in [5, 5.41) is 1.23. The Morgan fingerprint density at radius 3 is 2.60 bits per heavy atom. The third-order valence-electron chi connectivity index (χ3n) is 3.97. The van der Waals surface area contributed by atoms with E-state index in [9.17, 15) is 0 Å². The average molecular weight is 318 g/mol. The molecule has 0 aliphatic carbocycles. The third kappa shape index (κ3) is 4.17. The number of aromatic nitrogens is 1. The van der Waals surface area contributed by atoms with Crippen molar-refractivity contribution in [3.8, 4) is 0 Å². The monoisotopic (exact) mass is 317 g/mol. The summed E-state index contributed by atoms with van der Waals surface area (Å²) in [5.41, 5.74) is 6.57. The first-order chi connectivity index (χ1) is 8.68. The Hall–Kier alpha value is -0.160. The Balaban J connectivity index is 0.00000200. The van der Waals surface area contributed by atoms with Gasteiger partial charge in [-0.2, -0.15) is 0 Å². The summed E-state index contributed by atoms with van der Waals surface area (Å²) >= 11 is 1.85. The number of hydrogen-bond donors (Lipinski definition) is 1. The Labute approximate surface area is 133 Å². The highest BCUT2D eigenvalue weighted by atomic mass is 35.5. The van der Waals surface area contributed by atoms with E-state index >= 15 is 0 Å². The molecule has 2 heterocycles. The van der Waals surface area contributed by atoms with Gasteiger partial charge in [-0.05, 0) is 11.8 Å². The van der Waals surface area contributed by atoms with Crippen molar-refractivity contribution in [2.45, 2.75) is 59.0 Å². The van der Waals surface area contributed by atoms with Gasteiger partial charge in [0.05, 0.1) is 5.01 Å². The summed E-state index contributed by atoms with van der Waals surface area (Å²) in [4.78, 5) is 8.46. The van der Waals surface area contributed by atoms with Crippen LogP contribution >= 0.6 is 23.7 Å². The quantitative estimate of drug-likeness (QED) is 0.908. The predicted molar refractivity (Wildman–Crippen MR) is 89.7 cm³/mol. The molecule has 0 spiro atoms. The number of nitrogens with two attached hydrogens (primary N) is 1. The van der Waals surface area contributed by atoms with Crippen LogP contribution in [0.4, 0.5) is 0 Å². The van der Waals surface area contributed by atoms with E-state index in [4.69, 9.17) is 5.73 Å². The van der Waals surface area contributed by atoms with E-state index in [1.165, 1.54) is 9.88 Å². The number of piperidine rings is 1. The van der Waals surface area contributed by atoms with Crippen LogP contribution < -0.4 is 5.73 Å². The molecule has 0 saturated carbocycles. The maximum atomic E-state index is 6.19. The van der Waals surface area contributed by atoms with Crippen LogP contribution in [-0.2, 0) is 12.0 Å². The zero-order chi connectivity index (χ0) is 14.3. The van der Waals surface area contributed by atoms with Crippen LogP contribution in [0.3, 0.4) is 0 Å². The summed E-state index contributed by atoms with van der Waals surface area (Å²) in [6.07, 6.45) is 3.14. The summed E-state index contributed by atoms with van der Waals surface area (Å²) in [7, 11) is 0. The van der Waals surface area contributed by atoms with Gasteiger partial charge in [-0.25, -0.2) is 4.98 Å². The van der Waals surface area contributed by atoms with Gasteiger partial charge in [0.2, 0.25) is 0 Å². The van der Waals surface area contributed by atoms with E-state index < -0.39 is 0 Å². The van der Waals surface area contributed by atoms with Gasteiger partial charge in [0, 0.05) is 42.2 Å². The fraction of sp³-hybridized carbons (Fsp3) is 0.800. The van der Waals surface area contributed by atoms with Crippen molar-refractivity contribution in [2.75, 3.05) is 13.1 Å². The minimum Gasteiger partial charge on any atom is -0.327 e. The standard InChI is InChI=1S/C15H27N3S.ClH/c1-14(2,3)13-17-8-11(19-13)9-18-7-6-12(16)15(4,5)10-18;/h8,12H,6-7,9-10,16H2,1-5H3;1H. The maximum absolute atomic E-state index is 6.19. The fourth-order valence-electron chi connectivity index (χ4n) is 2.57. The smallest absolute Gasteiger partial charge is 0.0981 e. The van der Waals surface area contributed by atoms with E-state index in [1.807, 2.05) is 17.5 Å². The lowest BCUT2D eigenvalue weighted by atomic mass is 9.80. The maximum Gasteiger partial charge on any atom is 0.0981 e.